The van der Waals surface area contributed by atoms with Crippen LogP contribution in [0.5, 0.6) is 0 Å². The quantitative estimate of drug-likeness (QED) is 0.627. The van der Waals surface area contributed by atoms with Gasteiger partial charge < -0.3 is 4.57 Å². The van der Waals surface area contributed by atoms with E-state index in [-0.39, 0.29) is 5.95 Å². The summed E-state index contributed by atoms with van der Waals surface area (Å²) in [6.07, 6.45) is 4.54. The van der Waals surface area contributed by atoms with Gasteiger partial charge in [0, 0.05) is 13.0 Å². The molecule has 0 bridgehead atoms. The number of nitrogens with zero attached hydrogens (tertiary/aromatic N) is 2. The van der Waals surface area contributed by atoms with Crippen LogP contribution in [0.25, 0.3) is 0 Å². The van der Waals surface area contributed by atoms with Crippen molar-refractivity contribution in [2.75, 3.05) is 0 Å². The smallest absolute Gasteiger partial charge is 0.213 e. The van der Waals surface area contributed by atoms with E-state index in [1.165, 1.54) is 12.6 Å². The topological polar surface area (TPSA) is 17.8 Å². The first-order valence-electron chi connectivity index (χ1n) is 4.51. The predicted octanol–water partition coefficient (Wildman–Crippen LogP) is 1.99. The van der Waals surface area contributed by atoms with Crippen molar-refractivity contribution in [3.05, 3.63) is 18.0 Å². The van der Waals surface area contributed by atoms with Crippen LogP contribution in [0.2, 0.25) is 0 Å². The third kappa shape index (κ3) is 1.13. The zero-order valence-corrected chi connectivity index (χ0v) is 7.26. The van der Waals surface area contributed by atoms with Crippen LogP contribution < -0.4 is 0 Å². The maximum atomic E-state index is 13.0. The Morgan fingerprint density at radius 2 is 2.58 bits per heavy atom. The second-order valence-corrected chi connectivity index (χ2v) is 3.42. The number of halogens is 1. The number of hydrogen-bond donors (Lipinski definition) is 0. The van der Waals surface area contributed by atoms with E-state index >= 15 is 0 Å². The summed E-state index contributed by atoms with van der Waals surface area (Å²) in [6, 6.07) is 0. The summed E-state index contributed by atoms with van der Waals surface area (Å²) in [6.45, 7) is 2.99. The fraction of sp³-hybridized carbons (Fsp3) is 0.667. The van der Waals surface area contributed by atoms with Gasteiger partial charge in [-0.2, -0.15) is 4.39 Å². The van der Waals surface area contributed by atoms with E-state index in [9.17, 15) is 4.39 Å². The van der Waals surface area contributed by atoms with Gasteiger partial charge >= 0.3 is 0 Å². The Balaban J connectivity index is 2.24. The van der Waals surface area contributed by atoms with Gasteiger partial charge in [-0.15, -0.1) is 0 Å². The highest BCUT2D eigenvalue weighted by atomic mass is 19.1. The molecule has 2 heterocycles. The third-order valence-electron chi connectivity index (χ3n) is 2.70. The molecule has 2 rings (SSSR count). The zero-order chi connectivity index (χ0) is 8.55. The summed E-state index contributed by atoms with van der Waals surface area (Å²) >= 11 is 0. The largest absolute Gasteiger partial charge is 0.305 e. The van der Waals surface area contributed by atoms with Gasteiger partial charge in [-0.05, 0) is 12.3 Å². The summed E-state index contributed by atoms with van der Waals surface area (Å²) in [4.78, 5) is 4.04. The summed E-state index contributed by atoms with van der Waals surface area (Å²) in [5.74, 6) is 1.45. The summed E-state index contributed by atoms with van der Waals surface area (Å²) in [7, 11) is 0. The average molecular weight is 168 g/mol. The highest BCUT2D eigenvalue weighted by Gasteiger charge is 2.20. The van der Waals surface area contributed by atoms with Crippen LogP contribution in [0.4, 0.5) is 4.39 Å². The first-order valence-corrected chi connectivity index (χ1v) is 4.51. The van der Waals surface area contributed by atoms with E-state index in [4.69, 9.17) is 0 Å². The second kappa shape index (κ2) is 2.88. The van der Waals surface area contributed by atoms with E-state index < -0.39 is 0 Å². The molecule has 0 N–H and O–H groups in total. The molecule has 0 amide bonds. The molecule has 0 saturated heterocycles. The Labute approximate surface area is 71.4 Å². The second-order valence-electron chi connectivity index (χ2n) is 3.42. The highest BCUT2D eigenvalue weighted by Crippen LogP contribution is 2.22. The van der Waals surface area contributed by atoms with Gasteiger partial charge in [-0.25, -0.2) is 4.98 Å². The molecule has 1 aromatic heterocycles. The van der Waals surface area contributed by atoms with E-state index in [1.807, 2.05) is 0 Å². The van der Waals surface area contributed by atoms with Crippen molar-refractivity contribution < 1.29 is 4.39 Å². The molecule has 0 aromatic carbocycles. The summed E-state index contributed by atoms with van der Waals surface area (Å²) in [5, 5.41) is 0. The molecule has 2 nitrogen and oxygen atoms in total. The maximum Gasteiger partial charge on any atom is 0.213 e. The van der Waals surface area contributed by atoms with Gasteiger partial charge in [0.15, 0.2) is 0 Å². The van der Waals surface area contributed by atoms with Crippen molar-refractivity contribution in [2.45, 2.75) is 32.7 Å². The molecule has 1 unspecified atom stereocenters. The average Bonchev–Trinajstić information content (AvgIpc) is 2.47. The lowest BCUT2D eigenvalue weighted by molar-refractivity contribution is 0.344. The minimum atomic E-state index is -0.181. The van der Waals surface area contributed by atoms with Crippen molar-refractivity contribution in [1.29, 1.82) is 0 Å². The molecule has 1 aliphatic rings. The fourth-order valence-electron chi connectivity index (χ4n) is 1.81. The molecule has 0 spiro atoms. The fourth-order valence-corrected chi connectivity index (χ4v) is 1.81. The normalized spacial score (nSPS) is 22.3. The molecule has 0 aliphatic carbocycles. The van der Waals surface area contributed by atoms with Gasteiger partial charge in [0.25, 0.3) is 0 Å². The number of aromatic nitrogens is 2. The number of rotatable bonds is 1. The van der Waals surface area contributed by atoms with Crippen LogP contribution in [-0.2, 0) is 13.0 Å². The Morgan fingerprint density at radius 1 is 1.75 bits per heavy atom. The van der Waals surface area contributed by atoms with Crippen molar-refractivity contribution in [1.82, 2.24) is 9.55 Å². The number of fused-ring (bicyclic) bond motifs is 1. The van der Waals surface area contributed by atoms with Crippen LogP contribution in [-0.4, -0.2) is 9.55 Å². The van der Waals surface area contributed by atoms with E-state index in [2.05, 4.69) is 11.9 Å². The van der Waals surface area contributed by atoms with E-state index in [0.717, 1.165) is 25.2 Å². The molecule has 0 fully saturated rings. The molecule has 66 valence electrons. The van der Waals surface area contributed by atoms with Gasteiger partial charge in [0.1, 0.15) is 5.82 Å². The molecule has 1 aliphatic heterocycles. The van der Waals surface area contributed by atoms with Crippen LogP contribution in [0, 0.1) is 11.9 Å². The SMILES string of the molecule is CCC1CCn2c(F)cnc2C1. The van der Waals surface area contributed by atoms with Crippen LogP contribution >= 0.6 is 0 Å². The van der Waals surface area contributed by atoms with Gasteiger partial charge in [0.05, 0.1) is 6.20 Å². The minimum Gasteiger partial charge on any atom is -0.305 e. The minimum absolute atomic E-state index is 0.181. The summed E-state index contributed by atoms with van der Waals surface area (Å²) in [5.41, 5.74) is 0. The molecular weight excluding hydrogens is 155 g/mol. The molecule has 0 radical (unpaired) electrons. The lowest BCUT2D eigenvalue weighted by Gasteiger charge is -2.21. The van der Waals surface area contributed by atoms with Crippen LogP contribution in [0.1, 0.15) is 25.6 Å². The molecule has 0 saturated carbocycles. The Bertz CT molecular complexity index is 280. The lowest BCUT2D eigenvalue weighted by atomic mass is 9.95. The van der Waals surface area contributed by atoms with Crippen LogP contribution in [0.3, 0.4) is 0 Å². The third-order valence-corrected chi connectivity index (χ3v) is 2.70. The van der Waals surface area contributed by atoms with Gasteiger partial charge in [-0.3, -0.25) is 0 Å². The number of hydrogen-bond acceptors (Lipinski definition) is 1. The van der Waals surface area contributed by atoms with Crippen molar-refractivity contribution in [3.8, 4) is 0 Å². The Morgan fingerprint density at radius 3 is 3.33 bits per heavy atom. The summed E-state index contributed by atoms with van der Waals surface area (Å²) < 4.78 is 14.6. The van der Waals surface area contributed by atoms with Gasteiger partial charge in [0.2, 0.25) is 5.95 Å². The van der Waals surface area contributed by atoms with Crippen molar-refractivity contribution in [2.24, 2.45) is 5.92 Å². The predicted molar refractivity (Wildman–Crippen MR) is 44.3 cm³/mol. The maximum absolute atomic E-state index is 13.0. The van der Waals surface area contributed by atoms with Crippen molar-refractivity contribution >= 4 is 0 Å². The Kier molecular flexibility index (Phi) is 1.87. The van der Waals surface area contributed by atoms with E-state index in [1.54, 1.807) is 4.57 Å². The first-order chi connectivity index (χ1) is 5.81. The zero-order valence-electron chi connectivity index (χ0n) is 7.26. The molecule has 12 heavy (non-hydrogen) atoms. The molecule has 1 aromatic rings. The molecule has 1 atom stereocenters. The standard InChI is InChI=1S/C9H13FN2/c1-2-7-3-4-12-8(10)6-11-9(12)5-7/h6-7H,2-5H2,1H3. The monoisotopic (exact) mass is 168 g/mol. The van der Waals surface area contributed by atoms with Crippen LogP contribution in [0.15, 0.2) is 6.20 Å². The van der Waals surface area contributed by atoms with Gasteiger partial charge in [-0.1, -0.05) is 13.3 Å². The Hall–Kier alpha value is -0.860. The molecular formula is C9H13FN2. The first kappa shape index (κ1) is 7.77. The number of imidazole rings is 1. The van der Waals surface area contributed by atoms with E-state index in [0.29, 0.717) is 5.92 Å². The molecule has 3 heteroatoms. The van der Waals surface area contributed by atoms with Crippen molar-refractivity contribution in [3.63, 3.8) is 0 Å². The highest BCUT2D eigenvalue weighted by molar-refractivity contribution is 4.98. The lowest BCUT2D eigenvalue weighted by Crippen LogP contribution is -2.19.